The van der Waals surface area contributed by atoms with Crippen molar-refractivity contribution in [3.05, 3.63) is 53.7 Å². The van der Waals surface area contributed by atoms with E-state index < -0.39 is 0 Å². The highest BCUT2D eigenvalue weighted by molar-refractivity contribution is 5.79. The van der Waals surface area contributed by atoms with Gasteiger partial charge >= 0.3 is 0 Å². The summed E-state index contributed by atoms with van der Waals surface area (Å²) in [5.74, 6) is 2.82. The second-order valence-corrected chi connectivity index (χ2v) is 7.61. The Morgan fingerprint density at radius 1 is 1.13 bits per heavy atom. The fraction of sp³-hybridized carbons (Fsp3) is 0.478. The molecule has 0 atom stereocenters. The van der Waals surface area contributed by atoms with E-state index in [1.807, 2.05) is 30.5 Å². The van der Waals surface area contributed by atoms with Gasteiger partial charge in [-0.2, -0.15) is 0 Å². The molecule has 1 aromatic carbocycles. The number of pyridine rings is 1. The summed E-state index contributed by atoms with van der Waals surface area (Å²) in [6, 6.07) is 12.2. The zero-order valence-electron chi connectivity index (χ0n) is 18.6. The number of nitrogens with one attached hydrogen (secondary N) is 1. The quantitative estimate of drug-likeness (QED) is 0.559. The zero-order chi connectivity index (χ0) is 21.3. The van der Waals surface area contributed by atoms with Gasteiger partial charge < -0.3 is 24.8 Å². The summed E-state index contributed by atoms with van der Waals surface area (Å²) in [4.78, 5) is 16.5. The van der Waals surface area contributed by atoms with E-state index in [-0.39, 0.29) is 0 Å². The minimum Gasteiger partial charge on any atom is -0.496 e. The van der Waals surface area contributed by atoms with Gasteiger partial charge in [0.2, 0.25) is 0 Å². The summed E-state index contributed by atoms with van der Waals surface area (Å²) in [6.45, 7) is 8.32. The lowest BCUT2D eigenvalue weighted by atomic mass is 10.2. The number of benzene rings is 1. The van der Waals surface area contributed by atoms with Gasteiger partial charge in [-0.3, -0.25) is 0 Å². The molecule has 7 heteroatoms. The first-order valence-corrected chi connectivity index (χ1v) is 10.6. The van der Waals surface area contributed by atoms with E-state index in [1.165, 1.54) is 0 Å². The van der Waals surface area contributed by atoms with Crippen molar-refractivity contribution in [1.82, 2.24) is 20.1 Å². The monoisotopic (exact) mass is 410 g/mol. The average Bonchev–Trinajstić information content (AvgIpc) is 2.77. The Bertz CT molecular complexity index is 832. The Kier molecular flexibility index (Phi) is 7.90. The van der Waals surface area contributed by atoms with E-state index in [2.05, 4.69) is 58.2 Å². The molecule has 0 bridgehead atoms. The van der Waals surface area contributed by atoms with Crippen molar-refractivity contribution in [3.63, 3.8) is 0 Å². The van der Waals surface area contributed by atoms with Crippen LogP contribution in [0.2, 0.25) is 0 Å². The number of aromatic nitrogens is 1. The number of nitrogens with zero attached hydrogens (tertiary/aromatic N) is 5. The summed E-state index contributed by atoms with van der Waals surface area (Å²) < 4.78 is 5.50. The van der Waals surface area contributed by atoms with Gasteiger partial charge in [0.1, 0.15) is 11.6 Å². The Hall–Kier alpha value is -2.80. The number of anilines is 1. The summed E-state index contributed by atoms with van der Waals surface area (Å²) in [7, 11) is 5.93. The molecule has 0 saturated carbocycles. The Balaban J connectivity index is 1.75. The van der Waals surface area contributed by atoms with Crippen LogP contribution in [-0.4, -0.2) is 74.7 Å². The van der Waals surface area contributed by atoms with E-state index in [9.17, 15) is 0 Å². The van der Waals surface area contributed by atoms with Crippen molar-refractivity contribution in [2.45, 2.75) is 20.0 Å². The number of likely N-dealkylation sites (N-methyl/N-ethyl adjacent to an activating group) is 1. The van der Waals surface area contributed by atoms with Crippen molar-refractivity contribution >= 4 is 11.8 Å². The standard InChI is InChI=1S/C23H34N6O/c1-5-24-23(28(3)18-20-9-6-7-11-21(20)30-4)26-17-19-10-8-12-25-22(19)29-15-13-27(2)14-16-29/h6-12H,5,13-18H2,1-4H3,(H,24,26). The first kappa shape index (κ1) is 21.9. The lowest BCUT2D eigenvalue weighted by Gasteiger charge is -2.34. The third-order valence-electron chi connectivity index (χ3n) is 5.37. The Labute approximate surface area is 180 Å². The normalized spacial score (nSPS) is 15.2. The van der Waals surface area contributed by atoms with Crippen LogP contribution in [0.4, 0.5) is 5.82 Å². The molecule has 7 nitrogen and oxygen atoms in total. The maximum Gasteiger partial charge on any atom is 0.194 e. The summed E-state index contributed by atoms with van der Waals surface area (Å²) in [6.07, 6.45) is 1.87. The molecule has 1 aliphatic heterocycles. The van der Waals surface area contributed by atoms with E-state index in [0.717, 1.165) is 61.4 Å². The number of hydrogen-bond donors (Lipinski definition) is 1. The average molecular weight is 411 g/mol. The van der Waals surface area contributed by atoms with Crippen LogP contribution in [0, 0.1) is 0 Å². The Morgan fingerprint density at radius 2 is 1.87 bits per heavy atom. The molecule has 0 amide bonds. The number of guanidine groups is 1. The summed E-state index contributed by atoms with van der Waals surface area (Å²) in [5.41, 5.74) is 2.29. The number of hydrogen-bond acceptors (Lipinski definition) is 5. The van der Waals surface area contributed by atoms with Crippen molar-refractivity contribution in [3.8, 4) is 5.75 Å². The fourth-order valence-electron chi connectivity index (χ4n) is 3.65. The van der Waals surface area contributed by atoms with Crippen LogP contribution in [0.5, 0.6) is 5.75 Å². The highest BCUT2D eigenvalue weighted by Crippen LogP contribution is 2.21. The van der Waals surface area contributed by atoms with Gasteiger partial charge in [0, 0.05) is 63.6 Å². The van der Waals surface area contributed by atoms with Crippen molar-refractivity contribution in [2.75, 3.05) is 58.8 Å². The van der Waals surface area contributed by atoms with Gasteiger partial charge in [0.05, 0.1) is 13.7 Å². The van der Waals surface area contributed by atoms with Gasteiger partial charge in [-0.1, -0.05) is 24.3 Å². The molecule has 1 fully saturated rings. The molecule has 2 aromatic rings. The third-order valence-corrected chi connectivity index (χ3v) is 5.37. The van der Waals surface area contributed by atoms with Crippen LogP contribution in [0.15, 0.2) is 47.6 Å². The van der Waals surface area contributed by atoms with Crippen molar-refractivity contribution in [1.29, 1.82) is 0 Å². The van der Waals surface area contributed by atoms with Gasteiger partial charge in [0.15, 0.2) is 5.96 Å². The summed E-state index contributed by atoms with van der Waals surface area (Å²) in [5, 5.41) is 3.41. The lowest BCUT2D eigenvalue weighted by molar-refractivity contribution is 0.312. The SMILES string of the molecule is CCNC(=NCc1cccnc1N1CCN(C)CC1)N(C)Cc1ccccc1OC. The molecule has 0 aliphatic carbocycles. The van der Waals surface area contributed by atoms with Crippen LogP contribution in [0.1, 0.15) is 18.1 Å². The van der Waals surface area contributed by atoms with Crippen LogP contribution >= 0.6 is 0 Å². The molecule has 0 unspecified atom stereocenters. The molecule has 162 valence electrons. The van der Waals surface area contributed by atoms with E-state index in [1.54, 1.807) is 7.11 Å². The second-order valence-electron chi connectivity index (χ2n) is 7.61. The first-order chi connectivity index (χ1) is 14.6. The zero-order valence-corrected chi connectivity index (χ0v) is 18.6. The van der Waals surface area contributed by atoms with Crippen molar-refractivity contribution < 1.29 is 4.74 Å². The van der Waals surface area contributed by atoms with Crippen LogP contribution in [0.25, 0.3) is 0 Å². The van der Waals surface area contributed by atoms with Crippen molar-refractivity contribution in [2.24, 2.45) is 4.99 Å². The largest absolute Gasteiger partial charge is 0.496 e. The van der Waals surface area contributed by atoms with E-state index >= 15 is 0 Å². The maximum atomic E-state index is 5.50. The molecule has 0 spiro atoms. The second kappa shape index (κ2) is 10.8. The molecule has 1 aliphatic rings. The van der Waals surface area contributed by atoms with E-state index in [4.69, 9.17) is 9.73 Å². The van der Waals surface area contributed by atoms with Crippen LogP contribution < -0.4 is 15.0 Å². The number of piperazine rings is 1. The Morgan fingerprint density at radius 3 is 2.60 bits per heavy atom. The van der Waals surface area contributed by atoms with Gasteiger partial charge in [-0.05, 0) is 26.1 Å². The highest BCUT2D eigenvalue weighted by Gasteiger charge is 2.18. The van der Waals surface area contributed by atoms with Crippen LogP contribution in [-0.2, 0) is 13.1 Å². The minimum absolute atomic E-state index is 0.591. The number of rotatable bonds is 7. The molecular weight excluding hydrogens is 376 g/mol. The lowest BCUT2D eigenvalue weighted by Crippen LogP contribution is -2.45. The highest BCUT2D eigenvalue weighted by atomic mass is 16.5. The van der Waals surface area contributed by atoms with Crippen LogP contribution in [0.3, 0.4) is 0 Å². The maximum absolute atomic E-state index is 5.50. The topological polar surface area (TPSA) is 56.2 Å². The number of aliphatic imine (C=N–C) groups is 1. The molecule has 3 rings (SSSR count). The smallest absolute Gasteiger partial charge is 0.194 e. The number of methoxy groups -OCH3 is 1. The molecule has 2 heterocycles. The molecule has 0 radical (unpaired) electrons. The minimum atomic E-state index is 0.591. The molecule has 30 heavy (non-hydrogen) atoms. The number of para-hydroxylation sites is 1. The molecule has 1 aromatic heterocycles. The molecule has 1 N–H and O–H groups in total. The van der Waals surface area contributed by atoms with E-state index in [0.29, 0.717) is 13.1 Å². The number of ether oxygens (including phenoxy) is 1. The van der Waals surface area contributed by atoms with Gasteiger partial charge in [-0.25, -0.2) is 9.98 Å². The molecule has 1 saturated heterocycles. The predicted octanol–water partition coefficient (Wildman–Crippen LogP) is 2.44. The third kappa shape index (κ3) is 5.63. The van der Waals surface area contributed by atoms with Gasteiger partial charge in [0.25, 0.3) is 0 Å². The van der Waals surface area contributed by atoms with Gasteiger partial charge in [-0.15, -0.1) is 0 Å². The molecular formula is C23H34N6O. The first-order valence-electron chi connectivity index (χ1n) is 10.6. The summed E-state index contributed by atoms with van der Waals surface area (Å²) >= 11 is 0. The fourth-order valence-corrected chi connectivity index (χ4v) is 3.65. The predicted molar refractivity (Wildman–Crippen MR) is 123 cm³/mol.